The molecule has 3 rings (SSSR count). The topological polar surface area (TPSA) is 52.6 Å². The Morgan fingerprint density at radius 1 is 1.04 bits per heavy atom. The molecule has 0 aliphatic carbocycles. The van der Waals surface area contributed by atoms with E-state index in [9.17, 15) is 18.0 Å². The van der Waals surface area contributed by atoms with Crippen LogP contribution in [-0.2, 0) is 4.79 Å². The van der Waals surface area contributed by atoms with Crippen molar-refractivity contribution in [3.63, 3.8) is 0 Å². The smallest absolute Gasteiger partial charge is 0.356 e. The maximum Gasteiger partial charge on any atom is 0.391 e. The van der Waals surface area contributed by atoms with Crippen LogP contribution in [0.2, 0.25) is 0 Å². The van der Waals surface area contributed by atoms with Gasteiger partial charge in [-0.25, -0.2) is 9.97 Å². The summed E-state index contributed by atoms with van der Waals surface area (Å²) in [6, 6.07) is 1.76. The number of nitrogens with zero attached hydrogens (tertiary/aromatic N) is 5. The van der Waals surface area contributed by atoms with E-state index < -0.39 is 12.1 Å². The van der Waals surface area contributed by atoms with Gasteiger partial charge in [-0.15, -0.1) is 0 Å². The van der Waals surface area contributed by atoms with Crippen molar-refractivity contribution in [3.05, 3.63) is 12.4 Å². The summed E-state index contributed by atoms with van der Waals surface area (Å²) in [6.45, 7) is 2.19. The first-order chi connectivity index (χ1) is 11.3. The lowest BCUT2D eigenvalue weighted by Gasteiger charge is -2.35. The molecule has 0 aromatic carbocycles. The normalized spacial score (nSPS) is 20.7. The molecule has 0 bridgehead atoms. The van der Waals surface area contributed by atoms with Crippen molar-refractivity contribution in [2.75, 3.05) is 49.6 Å². The monoisotopic (exact) mass is 343 g/mol. The molecule has 2 aliphatic heterocycles. The van der Waals surface area contributed by atoms with Gasteiger partial charge in [-0.3, -0.25) is 4.79 Å². The maximum atomic E-state index is 12.8. The second-order valence-corrected chi connectivity index (χ2v) is 6.27. The molecule has 0 N–H and O–H groups in total. The van der Waals surface area contributed by atoms with E-state index in [4.69, 9.17) is 0 Å². The molecule has 0 radical (unpaired) electrons. The van der Waals surface area contributed by atoms with Crippen LogP contribution >= 0.6 is 0 Å². The predicted octanol–water partition coefficient (Wildman–Crippen LogP) is 1.53. The molecule has 2 fully saturated rings. The van der Waals surface area contributed by atoms with Gasteiger partial charge in [0, 0.05) is 39.3 Å². The molecule has 0 spiro atoms. The zero-order valence-corrected chi connectivity index (χ0v) is 13.5. The Morgan fingerprint density at radius 2 is 1.67 bits per heavy atom. The van der Waals surface area contributed by atoms with Crippen molar-refractivity contribution < 1.29 is 18.0 Å². The summed E-state index contributed by atoms with van der Waals surface area (Å²) in [5, 5.41) is 0. The van der Waals surface area contributed by atoms with Crippen molar-refractivity contribution in [3.8, 4) is 0 Å². The van der Waals surface area contributed by atoms with Gasteiger partial charge < -0.3 is 14.7 Å². The average molecular weight is 343 g/mol. The van der Waals surface area contributed by atoms with Crippen LogP contribution in [0.3, 0.4) is 0 Å². The lowest BCUT2D eigenvalue weighted by Crippen LogP contribution is -2.49. The first kappa shape index (κ1) is 16.8. The molecule has 1 amide bonds. The first-order valence-electron chi connectivity index (χ1n) is 7.97. The van der Waals surface area contributed by atoms with Gasteiger partial charge in [-0.1, -0.05) is 0 Å². The zero-order valence-electron chi connectivity index (χ0n) is 13.5. The van der Waals surface area contributed by atoms with E-state index in [1.165, 1.54) is 6.33 Å². The number of alkyl halides is 3. The van der Waals surface area contributed by atoms with Crippen molar-refractivity contribution in [2.45, 2.75) is 19.0 Å². The molecular weight excluding hydrogens is 323 g/mol. The van der Waals surface area contributed by atoms with Gasteiger partial charge in [0.15, 0.2) is 0 Å². The van der Waals surface area contributed by atoms with E-state index in [0.29, 0.717) is 37.8 Å². The number of likely N-dealkylation sites (N-methyl/N-ethyl adjacent to an activating group) is 1. The van der Waals surface area contributed by atoms with Crippen LogP contribution in [0.4, 0.5) is 24.8 Å². The quantitative estimate of drug-likeness (QED) is 0.815. The molecule has 3 heterocycles. The largest absolute Gasteiger partial charge is 0.391 e. The summed E-state index contributed by atoms with van der Waals surface area (Å²) in [4.78, 5) is 25.6. The second-order valence-electron chi connectivity index (χ2n) is 6.27. The van der Waals surface area contributed by atoms with Gasteiger partial charge >= 0.3 is 6.18 Å². The molecular formula is C15H20F3N5O. The van der Waals surface area contributed by atoms with Gasteiger partial charge in [0.1, 0.15) is 18.0 Å². The Kier molecular flexibility index (Phi) is 4.51. The lowest BCUT2D eigenvalue weighted by molar-refractivity contribution is -0.179. The highest BCUT2D eigenvalue weighted by molar-refractivity contribution is 5.82. The fraction of sp³-hybridized carbons (Fsp3) is 0.667. The number of hydrogen-bond donors (Lipinski definition) is 0. The minimum absolute atomic E-state index is 0.0207. The number of carbonyl (C=O) groups excluding carboxylic acids is 1. The molecule has 2 aliphatic rings. The van der Waals surface area contributed by atoms with Crippen LogP contribution in [0.15, 0.2) is 12.4 Å². The third-order valence-corrected chi connectivity index (χ3v) is 4.70. The summed E-state index contributed by atoms with van der Waals surface area (Å²) in [5.74, 6) is 0.0455. The number of aromatic nitrogens is 2. The van der Waals surface area contributed by atoms with Crippen molar-refractivity contribution in [1.29, 1.82) is 0 Å². The number of rotatable bonds is 2. The Bertz CT molecular complexity index is 601. The van der Waals surface area contributed by atoms with Gasteiger partial charge in [-0.05, 0) is 12.8 Å². The Morgan fingerprint density at radius 3 is 2.25 bits per heavy atom. The van der Waals surface area contributed by atoms with Crippen LogP contribution in [-0.4, -0.2) is 66.7 Å². The predicted molar refractivity (Wildman–Crippen MR) is 82.9 cm³/mol. The van der Waals surface area contributed by atoms with Crippen molar-refractivity contribution >= 4 is 17.5 Å². The van der Waals surface area contributed by atoms with E-state index in [-0.39, 0.29) is 25.3 Å². The second kappa shape index (κ2) is 6.45. The highest BCUT2D eigenvalue weighted by Gasteiger charge is 2.41. The highest BCUT2D eigenvalue weighted by Crippen LogP contribution is 2.35. The fourth-order valence-electron chi connectivity index (χ4n) is 3.07. The number of amides is 1. The minimum atomic E-state index is -4.12. The van der Waals surface area contributed by atoms with Gasteiger partial charge in [-0.2, -0.15) is 13.2 Å². The molecule has 24 heavy (non-hydrogen) atoms. The summed E-state index contributed by atoms with van der Waals surface area (Å²) in [5.41, 5.74) is 0. The molecule has 0 atom stereocenters. The zero-order chi connectivity index (χ0) is 17.3. The molecule has 0 saturated carbocycles. The van der Waals surface area contributed by atoms with E-state index in [0.717, 1.165) is 0 Å². The van der Waals surface area contributed by atoms with Crippen LogP contribution in [0.25, 0.3) is 0 Å². The molecule has 6 nitrogen and oxygen atoms in total. The summed E-state index contributed by atoms with van der Waals surface area (Å²) >= 11 is 0. The minimum Gasteiger partial charge on any atom is -0.356 e. The first-order valence-corrected chi connectivity index (χ1v) is 7.97. The molecule has 1 aromatic heterocycles. The molecule has 1 aromatic rings. The van der Waals surface area contributed by atoms with Crippen LogP contribution in [0, 0.1) is 5.92 Å². The summed E-state index contributed by atoms with van der Waals surface area (Å²) in [6.07, 6.45) is -2.56. The molecule has 9 heteroatoms. The van der Waals surface area contributed by atoms with Crippen molar-refractivity contribution in [2.24, 2.45) is 5.92 Å². The average Bonchev–Trinajstić information content (AvgIpc) is 2.57. The van der Waals surface area contributed by atoms with Crippen LogP contribution in [0.1, 0.15) is 12.8 Å². The third-order valence-electron chi connectivity index (χ3n) is 4.70. The molecule has 2 saturated heterocycles. The van der Waals surface area contributed by atoms with Gasteiger partial charge in [0.05, 0.1) is 12.5 Å². The number of carbonyl (C=O) groups is 1. The Labute approximate surface area is 138 Å². The number of anilines is 2. The standard InChI is InChI=1S/C15H20F3N5O/c1-21-6-7-23(9-14(21)24)13-8-12(19-10-20-13)22-4-2-11(3-5-22)15(16,17)18/h8,10-11H,2-7,9H2,1H3. The van der Waals surface area contributed by atoms with E-state index >= 15 is 0 Å². The van der Waals surface area contributed by atoms with Gasteiger partial charge in [0.2, 0.25) is 5.91 Å². The van der Waals surface area contributed by atoms with E-state index in [2.05, 4.69) is 9.97 Å². The Balaban J connectivity index is 1.67. The number of hydrogen-bond acceptors (Lipinski definition) is 5. The third kappa shape index (κ3) is 3.54. The SMILES string of the molecule is CN1CCN(c2cc(N3CCC(C(F)(F)F)CC3)ncn2)CC1=O. The number of halogens is 3. The molecule has 132 valence electrons. The summed E-state index contributed by atoms with van der Waals surface area (Å²) in [7, 11) is 1.76. The Hall–Kier alpha value is -2.06. The fourth-order valence-corrected chi connectivity index (χ4v) is 3.07. The van der Waals surface area contributed by atoms with Gasteiger partial charge in [0.25, 0.3) is 0 Å². The van der Waals surface area contributed by atoms with Crippen molar-refractivity contribution in [1.82, 2.24) is 14.9 Å². The lowest BCUT2D eigenvalue weighted by atomic mass is 9.96. The number of piperazine rings is 1. The van der Waals surface area contributed by atoms with Crippen LogP contribution in [0.5, 0.6) is 0 Å². The van der Waals surface area contributed by atoms with E-state index in [1.54, 1.807) is 18.0 Å². The highest BCUT2D eigenvalue weighted by atomic mass is 19.4. The van der Waals surface area contributed by atoms with E-state index in [1.807, 2.05) is 9.80 Å². The number of piperidine rings is 1. The van der Waals surface area contributed by atoms with Crippen LogP contribution < -0.4 is 9.80 Å². The molecule has 0 unspecified atom stereocenters. The maximum absolute atomic E-state index is 12.8. The summed E-state index contributed by atoms with van der Waals surface area (Å²) < 4.78 is 38.3.